The van der Waals surface area contributed by atoms with Gasteiger partial charge >= 0.3 is 0 Å². The number of anilines is 1. The number of ether oxygens (including phenoxy) is 1. The summed E-state index contributed by atoms with van der Waals surface area (Å²) in [5.74, 6) is 0.135. The monoisotopic (exact) mass is 342 g/mol. The quantitative estimate of drug-likeness (QED) is 0.840. The van der Waals surface area contributed by atoms with Crippen molar-refractivity contribution in [2.45, 2.75) is 18.4 Å². The van der Waals surface area contributed by atoms with E-state index in [1.807, 2.05) is 27.8 Å². The number of rotatable bonds is 2. The third-order valence-corrected chi connectivity index (χ3v) is 5.65. The molecule has 0 radical (unpaired) electrons. The van der Waals surface area contributed by atoms with Crippen LogP contribution in [0.1, 0.15) is 23.2 Å². The molecule has 1 atom stereocenters. The molecule has 4 rings (SSSR count). The summed E-state index contributed by atoms with van der Waals surface area (Å²) < 4.78 is 6.22. The van der Waals surface area contributed by atoms with Gasteiger partial charge in [-0.05, 0) is 36.4 Å². The number of carbonyl (C=O) groups is 1. The molecule has 0 aliphatic carbocycles. The Bertz CT molecular complexity index is 685. The lowest BCUT2D eigenvalue weighted by Crippen LogP contribution is -2.60. The maximum Gasteiger partial charge on any atom is 0.254 e. The molecule has 2 saturated heterocycles. The molecule has 4 nitrogen and oxygen atoms in total. The van der Waals surface area contributed by atoms with E-state index in [-0.39, 0.29) is 11.5 Å². The molecular formula is C19H22N2O2S. The fourth-order valence-corrected chi connectivity index (χ4v) is 4.42. The highest BCUT2D eigenvalue weighted by Crippen LogP contribution is 2.32. The molecule has 2 fully saturated rings. The molecule has 2 aliphatic rings. The van der Waals surface area contributed by atoms with E-state index in [1.54, 1.807) is 11.3 Å². The number of hydrogen-bond acceptors (Lipinski definition) is 4. The number of thiophene rings is 1. The molecule has 0 N–H and O–H groups in total. The lowest BCUT2D eigenvalue weighted by molar-refractivity contribution is -0.105. The first-order valence-corrected chi connectivity index (χ1v) is 9.46. The fourth-order valence-electron chi connectivity index (χ4n) is 3.79. The van der Waals surface area contributed by atoms with Crippen LogP contribution in [0.25, 0.3) is 0 Å². The molecule has 0 bridgehead atoms. The van der Waals surface area contributed by atoms with E-state index in [1.165, 1.54) is 5.69 Å². The number of morpholine rings is 1. The first kappa shape index (κ1) is 15.7. The summed E-state index contributed by atoms with van der Waals surface area (Å²) in [6.45, 7) is 3.89. The summed E-state index contributed by atoms with van der Waals surface area (Å²) in [6, 6.07) is 12.4. The van der Waals surface area contributed by atoms with Gasteiger partial charge in [0.05, 0.1) is 18.7 Å². The molecule has 2 aliphatic heterocycles. The van der Waals surface area contributed by atoms with Gasteiger partial charge in [-0.3, -0.25) is 4.79 Å². The minimum Gasteiger partial charge on any atom is -0.369 e. The van der Waals surface area contributed by atoms with Crippen LogP contribution >= 0.6 is 11.3 Å². The predicted molar refractivity (Wildman–Crippen MR) is 96.8 cm³/mol. The van der Waals surface area contributed by atoms with Gasteiger partial charge in [-0.1, -0.05) is 18.2 Å². The van der Waals surface area contributed by atoms with Crippen LogP contribution in [0.3, 0.4) is 0 Å². The molecular weight excluding hydrogens is 320 g/mol. The topological polar surface area (TPSA) is 32.8 Å². The van der Waals surface area contributed by atoms with Gasteiger partial charge in [0.1, 0.15) is 5.60 Å². The lowest BCUT2D eigenvalue weighted by atomic mass is 9.90. The number of benzene rings is 1. The van der Waals surface area contributed by atoms with Crippen molar-refractivity contribution in [3.63, 3.8) is 0 Å². The summed E-state index contributed by atoms with van der Waals surface area (Å²) in [5.41, 5.74) is 1.80. The van der Waals surface area contributed by atoms with Crippen LogP contribution in [0.2, 0.25) is 0 Å². The molecule has 5 heteroatoms. The van der Waals surface area contributed by atoms with Crippen LogP contribution < -0.4 is 4.90 Å². The summed E-state index contributed by atoms with van der Waals surface area (Å²) in [7, 11) is 0. The van der Waals surface area contributed by atoms with Crippen molar-refractivity contribution in [1.29, 1.82) is 0 Å². The van der Waals surface area contributed by atoms with E-state index in [9.17, 15) is 4.79 Å². The number of amides is 1. The minimum atomic E-state index is -0.238. The lowest BCUT2D eigenvalue weighted by Gasteiger charge is -2.48. The van der Waals surface area contributed by atoms with Crippen molar-refractivity contribution in [1.82, 2.24) is 4.90 Å². The normalized spacial score (nSPS) is 24.3. The van der Waals surface area contributed by atoms with Crippen molar-refractivity contribution >= 4 is 22.9 Å². The number of nitrogens with zero attached hydrogens (tertiary/aromatic N) is 2. The molecule has 1 amide bonds. The highest BCUT2D eigenvalue weighted by atomic mass is 32.1. The largest absolute Gasteiger partial charge is 0.369 e. The average molecular weight is 342 g/mol. The fraction of sp³-hybridized carbons (Fsp3) is 0.421. The van der Waals surface area contributed by atoms with Crippen LogP contribution in [0.5, 0.6) is 0 Å². The Balaban J connectivity index is 1.50. The van der Waals surface area contributed by atoms with Gasteiger partial charge in [0.25, 0.3) is 5.91 Å². The molecule has 1 spiro atoms. The number of hydrogen-bond donors (Lipinski definition) is 0. The first-order valence-electron chi connectivity index (χ1n) is 8.51. The molecule has 24 heavy (non-hydrogen) atoms. The summed E-state index contributed by atoms with van der Waals surface area (Å²) in [4.78, 5) is 17.1. The number of carbonyl (C=O) groups excluding carboxylic acids is 1. The van der Waals surface area contributed by atoms with Crippen LogP contribution in [-0.2, 0) is 4.74 Å². The highest BCUT2D eigenvalue weighted by molar-refractivity contribution is 7.08. The molecule has 2 aromatic rings. The second-order valence-electron chi connectivity index (χ2n) is 6.63. The van der Waals surface area contributed by atoms with Gasteiger partial charge in [-0.25, -0.2) is 0 Å². The van der Waals surface area contributed by atoms with Crippen molar-refractivity contribution in [2.75, 3.05) is 37.7 Å². The van der Waals surface area contributed by atoms with Gasteiger partial charge in [0, 0.05) is 30.7 Å². The predicted octanol–water partition coefficient (Wildman–Crippen LogP) is 3.26. The van der Waals surface area contributed by atoms with Crippen molar-refractivity contribution in [3.8, 4) is 0 Å². The zero-order chi connectivity index (χ0) is 16.4. The van der Waals surface area contributed by atoms with Crippen molar-refractivity contribution < 1.29 is 9.53 Å². The Morgan fingerprint density at radius 3 is 2.79 bits per heavy atom. The zero-order valence-electron chi connectivity index (χ0n) is 13.7. The zero-order valence-corrected chi connectivity index (χ0v) is 14.5. The molecule has 3 heterocycles. The number of piperidine rings is 1. The van der Waals surface area contributed by atoms with Crippen LogP contribution in [0.4, 0.5) is 5.69 Å². The number of para-hydroxylation sites is 1. The van der Waals surface area contributed by atoms with Gasteiger partial charge in [-0.2, -0.15) is 11.3 Å². The van der Waals surface area contributed by atoms with Gasteiger partial charge in [0.2, 0.25) is 0 Å². The van der Waals surface area contributed by atoms with Crippen molar-refractivity contribution in [2.24, 2.45) is 0 Å². The second-order valence-corrected chi connectivity index (χ2v) is 7.41. The molecule has 0 unspecified atom stereocenters. The Kier molecular flexibility index (Phi) is 4.29. The van der Waals surface area contributed by atoms with Crippen LogP contribution in [-0.4, -0.2) is 49.2 Å². The third-order valence-electron chi connectivity index (χ3n) is 4.96. The van der Waals surface area contributed by atoms with E-state index in [4.69, 9.17) is 4.74 Å². The van der Waals surface area contributed by atoms with E-state index < -0.39 is 0 Å². The second kappa shape index (κ2) is 6.57. The standard InChI is InChI=1S/C19H22N2O2S/c22-18(16-7-12-24-13-16)21-10-11-23-19(15-21)8-4-9-20(14-19)17-5-2-1-3-6-17/h1-3,5-7,12-13H,4,8-11,14-15H2/t19-/m1/s1. The van der Waals surface area contributed by atoms with E-state index in [0.29, 0.717) is 19.7 Å². The van der Waals surface area contributed by atoms with Crippen LogP contribution in [0.15, 0.2) is 47.2 Å². The van der Waals surface area contributed by atoms with E-state index in [2.05, 4.69) is 29.2 Å². The highest BCUT2D eigenvalue weighted by Gasteiger charge is 2.42. The van der Waals surface area contributed by atoms with Crippen molar-refractivity contribution in [3.05, 3.63) is 52.7 Å². The Morgan fingerprint density at radius 1 is 1.12 bits per heavy atom. The maximum atomic E-state index is 12.7. The Morgan fingerprint density at radius 2 is 2.00 bits per heavy atom. The maximum absolute atomic E-state index is 12.7. The molecule has 0 saturated carbocycles. The van der Waals surface area contributed by atoms with E-state index >= 15 is 0 Å². The first-order chi connectivity index (χ1) is 11.8. The SMILES string of the molecule is O=C(c1ccsc1)N1CCO[C@@]2(CCCN(c3ccccc3)C2)C1. The van der Waals surface area contributed by atoms with E-state index in [0.717, 1.165) is 31.5 Å². The van der Waals surface area contributed by atoms with Gasteiger partial charge in [-0.15, -0.1) is 0 Å². The Hall–Kier alpha value is -1.85. The van der Waals surface area contributed by atoms with Gasteiger partial charge < -0.3 is 14.5 Å². The summed E-state index contributed by atoms with van der Waals surface area (Å²) >= 11 is 1.57. The third kappa shape index (κ3) is 3.06. The Labute approximate surface area is 146 Å². The molecule has 1 aromatic carbocycles. The molecule has 126 valence electrons. The summed E-state index contributed by atoms with van der Waals surface area (Å²) in [5, 5.41) is 3.89. The molecule has 1 aromatic heterocycles. The van der Waals surface area contributed by atoms with Gasteiger partial charge in [0.15, 0.2) is 0 Å². The smallest absolute Gasteiger partial charge is 0.254 e. The summed E-state index contributed by atoms with van der Waals surface area (Å²) in [6.07, 6.45) is 2.11. The average Bonchev–Trinajstić information content (AvgIpc) is 3.17. The minimum absolute atomic E-state index is 0.135. The van der Waals surface area contributed by atoms with Crippen LogP contribution in [0, 0.1) is 0 Å².